The molecule has 0 radical (unpaired) electrons. The van der Waals surface area contributed by atoms with Gasteiger partial charge >= 0.3 is 6.18 Å². The Labute approximate surface area is 193 Å². The number of rotatable bonds is 4. The molecule has 1 atom stereocenters. The number of carbonyl (C=O) groups is 2. The Morgan fingerprint density at radius 3 is 2.29 bits per heavy atom. The maximum absolute atomic E-state index is 13.5. The number of alkyl halides is 5. The van der Waals surface area contributed by atoms with Crippen molar-refractivity contribution in [1.82, 2.24) is 19.3 Å². The van der Waals surface area contributed by atoms with Crippen LogP contribution in [0.5, 0.6) is 0 Å². The van der Waals surface area contributed by atoms with Crippen molar-refractivity contribution < 1.29 is 31.5 Å². The quantitative estimate of drug-likeness (QED) is 0.617. The lowest BCUT2D eigenvalue weighted by atomic mass is 10.1. The first kappa shape index (κ1) is 24.4. The number of fused-ring (bicyclic) bond motifs is 1. The van der Waals surface area contributed by atoms with Crippen molar-refractivity contribution >= 4 is 22.7 Å². The molecule has 0 saturated carbocycles. The number of benzene rings is 1. The van der Waals surface area contributed by atoms with Crippen molar-refractivity contribution in [3.05, 3.63) is 35.5 Å². The molecule has 2 aliphatic heterocycles. The Morgan fingerprint density at radius 2 is 1.71 bits per heavy atom. The molecule has 0 spiro atoms. The maximum atomic E-state index is 13.5. The molecule has 6 nitrogen and oxygen atoms in total. The molecule has 1 unspecified atom stereocenters. The summed E-state index contributed by atoms with van der Waals surface area (Å²) in [4.78, 5) is 30.9. The highest BCUT2D eigenvalue weighted by atomic mass is 19.4. The smallest absolute Gasteiger partial charge is 0.337 e. The number of hydrogen-bond donors (Lipinski definition) is 0. The van der Waals surface area contributed by atoms with E-state index in [0.717, 1.165) is 15.9 Å². The van der Waals surface area contributed by atoms with Crippen LogP contribution in [0.3, 0.4) is 0 Å². The second-order valence-electron chi connectivity index (χ2n) is 9.31. The summed E-state index contributed by atoms with van der Waals surface area (Å²) in [6.07, 6.45) is -4.82. The predicted octanol–water partition coefficient (Wildman–Crippen LogP) is 3.85. The third-order valence-corrected chi connectivity index (χ3v) is 6.67. The Morgan fingerprint density at radius 1 is 1.03 bits per heavy atom. The number of halogens is 5. The first-order chi connectivity index (χ1) is 15.8. The molecule has 2 amide bonds. The summed E-state index contributed by atoms with van der Waals surface area (Å²) in [5.41, 5.74) is 0.260. The van der Waals surface area contributed by atoms with Crippen molar-refractivity contribution in [3.63, 3.8) is 0 Å². The van der Waals surface area contributed by atoms with Crippen LogP contribution in [0.25, 0.3) is 10.9 Å². The van der Waals surface area contributed by atoms with Gasteiger partial charge in [0.1, 0.15) is 12.2 Å². The van der Waals surface area contributed by atoms with Crippen LogP contribution in [-0.4, -0.2) is 89.5 Å². The zero-order valence-electron chi connectivity index (χ0n) is 19.0. The molecule has 3 heterocycles. The fourth-order valence-corrected chi connectivity index (χ4v) is 4.66. The van der Waals surface area contributed by atoms with E-state index >= 15 is 0 Å². The normalized spacial score (nSPS) is 21.0. The van der Waals surface area contributed by atoms with Crippen LogP contribution in [-0.2, 0) is 6.54 Å². The third-order valence-electron chi connectivity index (χ3n) is 6.67. The molecule has 1 aromatic carbocycles. The van der Waals surface area contributed by atoms with E-state index in [9.17, 15) is 31.5 Å². The van der Waals surface area contributed by atoms with E-state index in [4.69, 9.17) is 0 Å². The largest absolute Gasteiger partial charge is 0.406 e. The minimum atomic E-state index is -4.60. The van der Waals surface area contributed by atoms with Gasteiger partial charge in [-0.3, -0.25) is 9.59 Å². The summed E-state index contributed by atoms with van der Waals surface area (Å²) >= 11 is 0. The van der Waals surface area contributed by atoms with Gasteiger partial charge in [-0.25, -0.2) is 8.78 Å². The summed E-state index contributed by atoms with van der Waals surface area (Å²) in [6, 6.07) is 5.93. The van der Waals surface area contributed by atoms with Crippen LogP contribution in [0.1, 0.15) is 40.1 Å². The lowest BCUT2D eigenvalue weighted by molar-refractivity contribution is -0.140. The predicted molar refractivity (Wildman–Crippen MR) is 116 cm³/mol. The molecule has 11 heteroatoms. The van der Waals surface area contributed by atoms with Gasteiger partial charge in [-0.05, 0) is 44.8 Å². The number of nitrogens with zero attached hydrogens (tertiary/aromatic N) is 4. The van der Waals surface area contributed by atoms with Crippen molar-refractivity contribution in [2.75, 3.05) is 40.3 Å². The van der Waals surface area contributed by atoms with Gasteiger partial charge in [-0.1, -0.05) is 0 Å². The van der Waals surface area contributed by atoms with Gasteiger partial charge in [0.25, 0.3) is 17.7 Å². The summed E-state index contributed by atoms with van der Waals surface area (Å²) in [6.45, 7) is -0.720. The monoisotopic (exact) mass is 486 g/mol. The van der Waals surface area contributed by atoms with Crippen LogP contribution >= 0.6 is 0 Å². The number of amides is 2. The molecule has 2 aliphatic rings. The van der Waals surface area contributed by atoms with Gasteiger partial charge in [0.15, 0.2) is 0 Å². The highest BCUT2D eigenvalue weighted by molar-refractivity contribution is 6.02. The first-order valence-electron chi connectivity index (χ1n) is 11.2. The van der Waals surface area contributed by atoms with Crippen LogP contribution in [0, 0.1) is 0 Å². The summed E-state index contributed by atoms with van der Waals surface area (Å²) < 4.78 is 67.9. The fourth-order valence-electron chi connectivity index (χ4n) is 4.66. The molecule has 0 aliphatic carbocycles. The molecule has 0 bridgehead atoms. The van der Waals surface area contributed by atoms with Gasteiger partial charge in [-0.15, -0.1) is 0 Å². The minimum Gasteiger partial charge on any atom is -0.337 e. The Kier molecular flexibility index (Phi) is 6.34. The summed E-state index contributed by atoms with van der Waals surface area (Å²) in [5.74, 6) is -3.83. The zero-order chi connectivity index (χ0) is 24.8. The number of carbonyl (C=O) groups excluding carboxylic acids is 2. The van der Waals surface area contributed by atoms with E-state index in [1.807, 2.05) is 19.0 Å². The molecule has 186 valence electrons. The van der Waals surface area contributed by atoms with Crippen LogP contribution < -0.4 is 0 Å². The number of likely N-dealkylation sites (tertiary alicyclic amines) is 2. The van der Waals surface area contributed by atoms with Crippen LogP contribution in [0.15, 0.2) is 24.3 Å². The molecule has 2 fully saturated rings. The lowest BCUT2D eigenvalue weighted by Gasteiger charge is -2.32. The molecule has 34 heavy (non-hydrogen) atoms. The van der Waals surface area contributed by atoms with Gasteiger partial charge in [0.2, 0.25) is 0 Å². The number of hydrogen-bond acceptors (Lipinski definition) is 3. The Hall–Kier alpha value is -2.69. The fraction of sp³-hybridized carbons (Fsp3) is 0.565. The number of likely N-dealkylation sites (N-methyl/N-ethyl adjacent to an activating group) is 1. The van der Waals surface area contributed by atoms with E-state index in [0.29, 0.717) is 24.0 Å². The lowest BCUT2D eigenvalue weighted by Crippen LogP contribution is -2.43. The Balaban J connectivity index is 1.65. The molecule has 2 saturated heterocycles. The van der Waals surface area contributed by atoms with Crippen molar-refractivity contribution in [2.45, 2.75) is 43.9 Å². The van der Waals surface area contributed by atoms with Crippen LogP contribution in [0.4, 0.5) is 22.0 Å². The van der Waals surface area contributed by atoms with Crippen molar-refractivity contribution in [1.29, 1.82) is 0 Å². The van der Waals surface area contributed by atoms with E-state index in [1.54, 1.807) is 4.90 Å². The molecular weight excluding hydrogens is 459 g/mol. The average Bonchev–Trinajstić information content (AvgIpc) is 3.37. The second-order valence-corrected chi connectivity index (χ2v) is 9.31. The van der Waals surface area contributed by atoms with Gasteiger partial charge in [0.05, 0.1) is 0 Å². The van der Waals surface area contributed by atoms with E-state index in [-0.39, 0.29) is 36.2 Å². The topological polar surface area (TPSA) is 48.8 Å². The van der Waals surface area contributed by atoms with Gasteiger partial charge < -0.3 is 19.3 Å². The standard InChI is InChI=1S/C23H27F5N4O2/c1-29(2)17-5-8-31(13-17)20(33)15-3-4-18-16(11-15)12-19(32(18)14-23(26,27)28)21(34)30-9-6-22(24,25)7-10-30/h3-4,11-12,17H,5-10,13-14H2,1-2H3. The maximum Gasteiger partial charge on any atom is 0.406 e. The molecule has 0 N–H and O–H groups in total. The minimum absolute atomic E-state index is 0.159. The molecule has 2 aromatic rings. The summed E-state index contributed by atoms with van der Waals surface area (Å²) in [7, 11) is 3.88. The second kappa shape index (κ2) is 8.83. The van der Waals surface area contributed by atoms with Crippen LogP contribution in [0.2, 0.25) is 0 Å². The SMILES string of the molecule is CN(C)C1CCN(C(=O)c2ccc3c(c2)cc(C(=O)N2CCC(F)(F)CC2)n3CC(F)(F)F)C1. The molecular formula is C23H27F5N4O2. The van der Waals surface area contributed by atoms with Gasteiger partial charge in [0, 0.05) is 61.5 Å². The zero-order valence-corrected chi connectivity index (χ0v) is 19.0. The van der Waals surface area contributed by atoms with E-state index < -0.39 is 37.4 Å². The first-order valence-corrected chi connectivity index (χ1v) is 11.2. The molecule has 4 rings (SSSR count). The number of piperidine rings is 1. The highest BCUT2D eigenvalue weighted by Crippen LogP contribution is 2.31. The average molecular weight is 486 g/mol. The molecule has 1 aromatic heterocycles. The highest BCUT2D eigenvalue weighted by Gasteiger charge is 2.38. The van der Waals surface area contributed by atoms with E-state index in [1.165, 1.54) is 24.3 Å². The van der Waals surface area contributed by atoms with E-state index in [2.05, 4.69) is 0 Å². The van der Waals surface area contributed by atoms with Gasteiger partial charge in [-0.2, -0.15) is 13.2 Å². The third kappa shape index (κ3) is 5.03. The van der Waals surface area contributed by atoms with Crippen molar-refractivity contribution in [3.8, 4) is 0 Å². The Bertz CT molecular complexity index is 1080. The summed E-state index contributed by atoms with van der Waals surface area (Å²) in [5, 5.41) is 0.323. The number of aromatic nitrogens is 1. The van der Waals surface area contributed by atoms with Crippen molar-refractivity contribution in [2.24, 2.45) is 0 Å².